The minimum Gasteiger partial charge on any atom is -0.351 e. The van der Waals surface area contributed by atoms with Crippen LogP contribution in [0.4, 0.5) is 0 Å². The Balaban J connectivity index is 1.50. The lowest BCUT2D eigenvalue weighted by atomic mass is 10.2. The Morgan fingerprint density at radius 1 is 1.00 bits per heavy atom. The number of amides is 1. The molecule has 0 fully saturated rings. The zero-order chi connectivity index (χ0) is 20.8. The molecule has 0 aliphatic carbocycles. The van der Waals surface area contributed by atoms with Crippen LogP contribution in [0.3, 0.4) is 0 Å². The maximum atomic E-state index is 12.6. The van der Waals surface area contributed by atoms with Crippen molar-refractivity contribution in [2.24, 2.45) is 0 Å². The minimum absolute atomic E-state index is 0.0178. The summed E-state index contributed by atoms with van der Waals surface area (Å²) in [7, 11) is 0. The van der Waals surface area contributed by atoms with Crippen molar-refractivity contribution in [1.29, 1.82) is 0 Å². The molecule has 7 heteroatoms. The van der Waals surface area contributed by atoms with Gasteiger partial charge in [0.25, 0.3) is 0 Å². The number of thiophene rings is 1. The molecule has 4 aromatic rings. The van der Waals surface area contributed by atoms with Crippen molar-refractivity contribution in [3.05, 3.63) is 89.3 Å². The summed E-state index contributed by atoms with van der Waals surface area (Å²) in [6.45, 7) is 3.07. The van der Waals surface area contributed by atoms with Gasteiger partial charge in [-0.05, 0) is 29.5 Å². The van der Waals surface area contributed by atoms with Crippen LogP contribution in [-0.4, -0.2) is 25.9 Å². The van der Waals surface area contributed by atoms with Gasteiger partial charge in [0.15, 0.2) is 11.0 Å². The van der Waals surface area contributed by atoms with Gasteiger partial charge in [-0.2, -0.15) is 0 Å². The fourth-order valence-electron chi connectivity index (χ4n) is 3.01. The molecular formula is C23H22N4OS2. The van der Waals surface area contributed by atoms with Gasteiger partial charge >= 0.3 is 0 Å². The summed E-state index contributed by atoms with van der Waals surface area (Å²) < 4.78 is 2.09. The number of carbonyl (C=O) groups excluding carboxylic acids is 1. The fraction of sp³-hybridized carbons (Fsp3) is 0.174. The Hall–Kier alpha value is -2.90. The molecule has 0 bridgehead atoms. The predicted molar refractivity (Wildman–Crippen MR) is 122 cm³/mol. The van der Waals surface area contributed by atoms with Gasteiger partial charge in [-0.1, -0.05) is 78.5 Å². The smallest absolute Gasteiger partial charge is 0.233 e. The second kappa shape index (κ2) is 9.73. The van der Waals surface area contributed by atoms with E-state index in [9.17, 15) is 4.79 Å². The van der Waals surface area contributed by atoms with Crippen LogP contribution in [0.2, 0.25) is 0 Å². The molecule has 2 aromatic heterocycles. The second-order valence-electron chi connectivity index (χ2n) is 6.82. The molecule has 0 aliphatic heterocycles. The summed E-state index contributed by atoms with van der Waals surface area (Å²) in [6, 6.07) is 24.2. The Kier molecular flexibility index (Phi) is 6.61. The zero-order valence-electron chi connectivity index (χ0n) is 16.6. The van der Waals surface area contributed by atoms with E-state index in [1.54, 1.807) is 11.3 Å². The number of nitrogens with one attached hydrogen (secondary N) is 1. The Morgan fingerprint density at radius 2 is 1.70 bits per heavy atom. The molecule has 0 saturated heterocycles. The number of thioether (sulfide) groups is 1. The van der Waals surface area contributed by atoms with E-state index >= 15 is 0 Å². The molecule has 2 aromatic carbocycles. The van der Waals surface area contributed by atoms with Crippen molar-refractivity contribution in [3.63, 3.8) is 0 Å². The molecule has 30 heavy (non-hydrogen) atoms. The van der Waals surface area contributed by atoms with Gasteiger partial charge < -0.3 is 5.32 Å². The van der Waals surface area contributed by atoms with E-state index in [0.717, 1.165) is 27.0 Å². The Morgan fingerprint density at radius 3 is 2.37 bits per heavy atom. The molecular weight excluding hydrogens is 412 g/mol. The summed E-state index contributed by atoms with van der Waals surface area (Å²) in [5.74, 6) is 0.809. The largest absolute Gasteiger partial charge is 0.351 e. The summed E-state index contributed by atoms with van der Waals surface area (Å²) in [4.78, 5) is 13.7. The monoisotopic (exact) mass is 434 g/mol. The summed E-state index contributed by atoms with van der Waals surface area (Å²) >= 11 is 3.07. The zero-order valence-corrected chi connectivity index (χ0v) is 18.2. The van der Waals surface area contributed by atoms with Gasteiger partial charge in [-0.15, -0.1) is 21.5 Å². The number of benzene rings is 2. The third kappa shape index (κ3) is 4.98. The average molecular weight is 435 g/mol. The molecule has 1 N–H and O–H groups in total. The van der Waals surface area contributed by atoms with Gasteiger partial charge in [-0.25, -0.2) is 0 Å². The summed E-state index contributed by atoms with van der Waals surface area (Å²) in [6.07, 6.45) is 0. The van der Waals surface area contributed by atoms with E-state index in [2.05, 4.69) is 32.2 Å². The first-order valence-corrected chi connectivity index (χ1v) is 11.5. The van der Waals surface area contributed by atoms with Gasteiger partial charge in [0.05, 0.1) is 16.7 Å². The topological polar surface area (TPSA) is 59.8 Å². The van der Waals surface area contributed by atoms with Crippen molar-refractivity contribution < 1.29 is 4.79 Å². The van der Waals surface area contributed by atoms with E-state index in [-0.39, 0.29) is 11.2 Å². The van der Waals surface area contributed by atoms with Crippen LogP contribution < -0.4 is 5.32 Å². The molecule has 0 radical (unpaired) electrons. The van der Waals surface area contributed by atoms with Crippen LogP contribution >= 0.6 is 23.1 Å². The van der Waals surface area contributed by atoms with Gasteiger partial charge in [0, 0.05) is 6.54 Å². The highest BCUT2D eigenvalue weighted by Crippen LogP contribution is 2.30. The Bertz CT molecular complexity index is 1080. The summed E-state index contributed by atoms with van der Waals surface area (Å²) in [5, 5.41) is 14.3. The molecule has 0 saturated carbocycles. The van der Waals surface area contributed by atoms with E-state index in [1.165, 1.54) is 11.8 Å². The van der Waals surface area contributed by atoms with Crippen molar-refractivity contribution in [2.75, 3.05) is 0 Å². The molecule has 1 unspecified atom stereocenters. The normalized spacial score (nSPS) is 11.9. The van der Waals surface area contributed by atoms with E-state index in [4.69, 9.17) is 0 Å². The fourth-order valence-corrected chi connectivity index (χ4v) is 4.60. The molecule has 0 spiro atoms. The molecule has 1 amide bonds. The third-order valence-corrected chi connectivity index (χ3v) is 6.55. The number of carbonyl (C=O) groups is 1. The SMILES string of the molecule is CC(Sc1nnc(-c2cccs2)n1Cc1ccccc1)C(=O)NCc1ccccc1. The molecule has 4 rings (SSSR count). The quantitative estimate of drug-likeness (QED) is 0.403. The minimum atomic E-state index is -0.288. The maximum Gasteiger partial charge on any atom is 0.233 e. The highest BCUT2D eigenvalue weighted by Gasteiger charge is 2.21. The lowest BCUT2D eigenvalue weighted by Crippen LogP contribution is -2.30. The lowest BCUT2D eigenvalue weighted by molar-refractivity contribution is -0.120. The summed E-state index contributed by atoms with van der Waals surface area (Å²) in [5.41, 5.74) is 2.24. The maximum absolute atomic E-state index is 12.6. The molecule has 1 atom stereocenters. The van der Waals surface area contributed by atoms with Crippen LogP contribution in [-0.2, 0) is 17.9 Å². The van der Waals surface area contributed by atoms with Crippen molar-refractivity contribution in [1.82, 2.24) is 20.1 Å². The average Bonchev–Trinajstić information content (AvgIpc) is 3.44. The first-order valence-electron chi connectivity index (χ1n) is 9.70. The number of aromatic nitrogens is 3. The number of rotatable bonds is 8. The number of hydrogen-bond donors (Lipinski definition) is 1. The highest BCUT2D eigenvalue weighted by atomic mass is 32.2. The Labute approximate surface area is 184 Å². The van der Waals surface area contributed by atoms with Crippen LogP contribution in [0, 0.1) is 0 Å². The standard InChI is InChI=1S/C23H22N4OS2/c1-17(22(28)24-15-18-9-4-2-5-10-18)30-23-26-25-21(20-13-8-14-29-20)27(23)16-19-11-6-3-7-12-19/h2-14,17H,15-16H2,1H3,(H,24,28). The van der Waals surface area contributed by atoms with Crippen LogP contribution in [0.1, 0.15) is 18.1 Å². The predicted octanol–water partition coefficient (Wildman–Crippen LogP) is 4.85. The van der Waals surface area contributed by atoms with Crippen molar-refractivity contribution >= 4 is 29.0 Å². The molecule has 5 nitrogen and oxygen atoms in total. The first-order chi connectivity index (χ1) is 14.7. The van der Waals surface area contributed by atoms with Gasteiger partial charge in [0.1, 0.15) is 0 Å². The van der Waals surface area contributed by atoms with E-state index < -0.39 is 0 Å². The molecule has 0 aliphatic rings. The van der Waals surface area contributed by atoms with Crippen LogP contribution in [0.25, 0.3) is 10.7 Å². The van der Waals surface area contributed by atoms with Gasteiger partial charge in [-0.3, -0.25) is 9.36 Å². The molecule has 2 heterocycles. The van der Waals surface area contributed by atoms with Gasteiger partial charge in [0.2, 0.25) is 5.91 Å². The van der Waals surface area contributed by atoms with Crippen molar-refractivity contribution in [3.8, 4) is 10.7 Å². The van der Waals surface area contributed by atoms with Crippen LogP contribution in [0.15, 0.2) is 83.3 Å². The second-order valence-corrected chi connectivity index (χ2v) is 9.07. The highest BCUT2D eigenvalue weighted by molar-refractivity contribution is 8.00. The third-order valence-electron chi connectivity index (χ3n) is 4.60. The van der Waals surface area contributed by atoms with E-state index in [0.29, 0.717) is 13.1 Å². The number of nitrogens with zero attached hydrogens (tertiary/aromatic N) is 3. The lowest BCUT2D eigenvalue weighted by Gasteiger charge is -2.14. The first kappa shape index (κ1) is 20.4. The van der Waals surface area contributed by atoms with Crippen LogP contribution in [0.5, 0.6) is 0 Å². The number of hydrogen-bond acceptors (Lipinski definition) is 5. The van der Waals surface area contributed by atoms with E-state index in [1.807, 2.05) is 73.0 Å². The van der Waals surface area contributed by atoms with Crippen molar-refractivity contribution in [2.45, 2.75) is 30.4 Å². The molecule has 152 valence electrons.